The average Bonchev–Trinajstić information content (AvgIpc) is 3.00. The predicted octanol–water partition coefficient (Wildman–Crippen LogP) is 2.52. The van der Waals surface area contributed by atoms with Crippen LogP contribution in [0.4, 0.5) is 0 Å². The summed E-state index contributed by atoms with van der Waals surface area (Å²) in [5.41, 5.74) is 4.03. The molecular formula is C21H33IN6O. The van der Waals surface area contributed by atoms with E-state index < -0.39 is 0 Å². The zero-order valence-corrected chi connectivity index (χ0v) is 20.3. The summed E-state index contributed by atoms with van der Waals surface area (Å²) in [4.78, 5) is 16.0. The monoisotopic (exact) mass is 512 g/mol. The van der Waals surface area contributed by atoms with Crippen LogP contribution in [0.1, 0.15) is 34.2 Å². The van der Waals surface area contributed by atoms with Crippen LogP contribution in [0.2, 0.25) is 0 Å². The van der Waals surface area contributed by atoms with Crippen LogP contribution >= 0.6 is 24.0 Å². The van der Waals surface area contributed by atoms with Gasteiger partial charge in [-0.05, 0) is 49.9 Å². The second-order valence-electron chi connectivity index (χ2n) is 7.12. The molecule has 0 aliphatic carbocycles. The van der Waals surface area contributed by atoms with Gasteiger partial charge >= 0.3 is 0 Å². The molecule has 1 unspecified atom stereocenters. The van der Waals surface area contributed by atoms with E-state index in [-0.39, 0.29) is 29.9 Å². The molecule has 3 N–H and O–H groups in total. The third-order valence-electron chi connectivity index (χ3n) is 4.55. The number of aryl methyl sites for hydroxylation is 2. The first-order valence-corrected chi connectivity index (χ1v) is 9.69. The van der Waals surface area contributed by atoms with Gasteiger partial charge in [0.25, 0.3) is 5.91 Å². The summed E-state index contributed by atoms with van der Waals surface area (Å²) < 4.78 is 2.05. The Bertz CT molecular complexity index is 817. The first-order chi connectivity index (χ1) is 13.4. The minimum Gasteiger partial charge on any atom is -0.356 e. The van der Waals surface area contributed by atoms with Gasteiger partial charge in [-0.25, -0.2) is 0 Å². The van der Waals surface area contributed by atoms with E-state index in [0.29, 0.717) is 11.5 Å². The maximum atomic E-state index is 11.7. The van der Waals surface area contributed by atoms with Crippen LogP contribution in [0.15, 0.2) is 35.3 Å². The summed E-state index contributed by atoms with van der Waals surface area (Å²) in [6.07, 6.45) is 0.812. The molecule has 0 saturated carbocycles. The molecule has 0 aliphatic heterocycles. The van der Waals surface area contributed by atoms with Crippen molar-refractivity contribution in [3.63, 3.8) is 0 Å². The average molecular weight is 512 g/mol. The Kier molecular flexibility index (Phi) is 10.7. The number of benzene rings is 1. The van der Waals surface area contributed by atoms with Crippen LogP contribution < -0.4 is 16.0 Å². The first-order valence-electron chi connectivity index (χ1n) is 9.69. The Morgan fingerprint density at radius 2 is 2.00 bits per heavy atom. The minimum absolute atomic E-state index is 0. The van der Waals surface area contributed by atoms with Crippen LogP contribution in [0.25, 0.3) is 0 Å². The normalized spacial score (nSPS) is 12.1. The molecule has 1 heterocycles. The third kappa shape index (κ3) is 8.04. The highest BCUT2D eigenvalue weighted by atomic mass is 127. The molecule has 0 radical (unpaired) electrons. The number of aromatic nitrogens is 2. The van der Waals surface area contributed by atoms with Gasteiger partial charge in [0.1, 0.15) is 0 Å². The fourth-order valence-electron chi connectivity index (χ4n) is 3.05. The van der Waals surface area contributed by atoms with E-state index in [0.717, 1.165) is 43.3 Å². The molecule has 0 aliphatic rings. The number of hydrogen-bond acceptors (Lipinski definition) is 3. The van der Waals surface area contributed by atoms with Crippen molar-refractivity contribution in [1.29, 1.82) is 0 Å². The quantitative estimate of drug-likeness (QED) is 0.289. The van der Waals surface area contributed by atoms with Crippen LogP contribution in [0.3, 0.4) is 0 Å². The molecule has 0 bridgehead atoms. The Labute approximate surface area is 190 Å². The number of carbonyl (C=O) groups is 1. The van der Waals surface area contributed by atoms with Gasteiger partial charge in [-0.2, -0.15) is 5.10 Å². The third-order valence-corrected chi connectivity index (χ3v) is 4.55. The lowest BCUT2D eigenvalue weighted by atomic mass is 10.1. The number of aliphatic imine (C=N–C) groups is 1. The topological polar surface area (TPSA) is 83.3 Å². The number of hydrogen-bond donors (Lipinski definition) is 3. The van der Waals surface area contributed by atoms with Crippen molar-refractivity contribution in [3.05, 3.63) is 52.8 Å². The van der Waals surface area contributed by atoms with E-state index in [1.54, 1.807) is 14.1 Å². The van der Waals surface area contributed by atoms with Crippen LogP contribution in [-0.2, 0) is 13.0 Å². The molecule has 8 heteroatoms. The standard InChI is InChI=1S/C21H32N6O.HI/c1-15(14-27-17(3)11-16(2)26-27)13-25-21(23-5)24-10-9-18-7-6-8-19(12-18)20(28)22-4;/h6-8,11-12,15H,9-10,13-14H2,1-5H3,(H,22,28)(H2,23,24,25);1H. The Morgan fingerprint density at radius 1 is 1.24 bits per heavy atom. The number of carbonyl (C=O) groups excluding carboxylic acids is 1. The van der Waals surface area contributed by atoms with E-state index in [1.807, 2.05) is 31.2 Å². The summed E-state index contributed by atoms with van der Waals surface area (Å²) in [6, 6.07) is 9.78. The summed E-state index contributed by atoms with van der Waals surface area (Å²) in [5, 5.41) is 13.9. The Morgan fingerprint density at radius 3 is 2.62 bits per heavy atom. The number of rotatable bonds is 8. The van der Waals surface area contributed by atoms with Gasteiger partial charge < -0.3 is 16.0 Å². The SMILES string of the molecule is CN=C(NCCc1cccc(C(=O)NC)c1)NCC(C)Cn1nc(C)cc1C.I. The summed E-state index contributed by atoms with van der Waals surface area (Å²) >= 11 is 0. The van der Waals surface area contributed by atoms with E-state index >= 15 is 0 Å². The van der Waals surface area contributed by atoms with Crippen LogP contribution in [0.5, 0.6) is 0 Å². The maximum Gasteiger partial charge on any atom is 0.251 e. The summed E-state index contributed by atoms with van der Waals surface area (Å²) in [6.45, 7) is 8.71. The molecule has 0 saturated heterocycles. The van der Waals surface area contributed by atoms with E-state index in [4.69, 9.17) is 0 Å². The van der Waals surface area contributed by atoms with Gasteiger partial charge in [0.05, 0.1) is 5.69 Å². The zero-order chi connectivity index (χ0) is 20.5. The van der Waals surface area contributed by atoms with Crippen molar-refractivity contribution in [1.82, 2.24) is 25.7 Å². The zero-order valence-electron chi connectivity index (χ0n) is 18.0. The fourth-order valence-corrected chi connectivity index (χ4v) is 3.05. The number of nitrogens with zero attached hydrogens (tertiary/aromatic N) is 3. The van der Waals surface area contributed by atoms with Crippen LogP contribution in [-0.4, -0.2) is 48.8 Å². The van der Waals surface area contributed by atoms with Crippen molar-refractivity contribution in [3.8, 4) is 0 Å². The van der Waals surface area contributed by atoms with Gasteiger partial charge in [0, 0.05) is 45.0 Å². The first kappa shape index (κ1) is 24.9. The highest BCUT2D eigenvalue weighted by Gasteiger charge is 2.08. The molecule has 2 aromatic rings. The molecule has 0 spiro atoms. The lowest BCUT2D eigenvalue weighted by Gasteiger charge is -2.17. The molecule has 1 atom stereocenters. The predicted molar refractivity (Wildman–Crippen MR) is 129 cm³/mol. The van der Waals surface area contributed by atoms with Gasteiger partial charge in [-0.15, -0.1) is 24.0 Å². The number of halogens is 1. The fraction of sp³-hybridized carbons (Fsp3) is 0.476. The molecule has 0 fully saturated rings. The van der Waals surface area contributed by atoms with Crippen molar-refractivity contribution in [2.75, 3.05) is 27.2 Å². The lowest BCUT2D eigenvalue weighted by Crippen LogP contribution is -2.40. The molecular weight excluding hydrogens is 479 g/mol. The van der Waals surface area contributed by atoms with Gasteiger partial charge in [-0.1, -0.05) is 19.1 Å². The second kappa shape index (κ2) is 12.5. The Hall–Kier alpha value is -2.10. The summed E-state index contributed by atoms with van der Waals surface area (Å²) in [7, 11) is 3.41. The lowest BCUT2D eigenvalue weighted by molar-refractivity contribution is 0.0963. The molecule has 29 heavy (non-hydrogen) atoms. The van der Waals surface area contributed by atoms with Crippen LogP contribution in [0, 0.1) is 19.8 Å². The second-order valence-corrected chi connectivity index (χ2v) is 7.12. The maximum absolute atomic E-state index is 11.7. The summed E-state index contributed by atoms with van der Waals surface area (Å²) in [5.74, 6) is 1.13. The molecule has 1 amide bonds. The largest absolute Gasteiger partial charge is 0.356 e. The van der Waals surface area contributed by atoms with Gasteiger partial charge in [0.2, 0.25) is 0 Å². The number of nitrogens with one attached hydrogen (secondary N) is 3. The molecule has 1 aromatic heterocycles. The van der Waals surface area contributed by atoms with Crippen molar-refractivity contribution in [2.24, 2.45) is 10.9 Å². The molecule has 160 valence electrons. The highest BCUT2D eigenvalue weighted by molar-refractivity contribution is 14.0. The molecule has 1 aromatic carbocycles. The van der Waals surface area contributed by atoms with Gasteiger partial charge in [0.15, 0.2) is 5.96 Å². The smallest absolute Gasteiger partial charge is 0.251 e. The molecule has 7 nitrogen and oxygen atoms in total. The highest BCUT2D eigenvalue weighted by Crippen LogP contribution is 2.07. The molecule has 2 rings (SSSR count). The number of guanidine groups is 1. The Balaban J connectivity index is 0.00000420. The van der Waals surface area contributed by atoms with Crippen molar-refractivity contribution < 1.29 is 4.79 Å². The minimum atomic E-state index is -0.0658. The van der Waals surface area contributed by atoms with Gasteiger partial charge in [-0.3, -0.25) is 14.5 Å². The van der Waals surface area contributed by atoms with Crippen molar-refractivity contribution in [2.45, 2.75) is 33.7 Å². The van der Waals surface area contributed by atoms with Crippen molar-refractivity contribution >= 4 is 35.8 Å². The van der Waals surface area contributed by atoms with E-state index in [9.17, 15) is 4.79 Å². The number of amides is 1. The van der Waals surface area contributed by atoms with E-state index in [1.165, 1.54) is 5.69 Å². The van der Waals surface area contributed by atoms with E-state index in [2.05, 4.69) is 50.6 Å².